The number of nitrogens with zero attached hydrogens (tertiary/aromatic N) is 4. The first-order valence-electron chi connectivity index (χ1n) is 10.3. The summed E-state index contributed by atoms with van der Waals surface area (Å²) in [5.74, 6) is 1.35. The summed E-state index contributed by atoms with van der Waals surface area (Å²) >= 11 is 1.17. The van der Waals surface area contributed by atoms with Crippen LogP contribution < -0.4 is 20.3 Å². The van der Waals surface area contributed by atoms with E-state index in [4.69, 9.17) is 9.47 Å². The van der Waals surface area contributed by atoms with Crippen molar-refractivity contribution < 1.29 is 14.3 Å². The van der Waals surface area contributed by atoms with Crippen LogP contribution >= 0.6 is 11.8 Å². The van der Waals surface area contributed by atoms with Gasteiger partial charge in [0.2, 0.25) is 11.1 Å². The molecule has 0 aliphatic carbocycles. The van der Waals surface area contributed by atoms with Crippen molar-refractivity contribution in [2.75, 3.05) is 24.3 Å². The van der Waals surface area contributed by atoms with E-state index in [1.807, 2.05) is 31.2 Å². The minimum absolute atomic E-state index is 0.0866. The summed E-state index contributed by atoms with van der Waals surface area (Å²) in [6.45, 7) is 2.99. The van der Waals surface area contributed by atoms with Gasteiger partial charge in [-0.15, -0.1) is 10.2 Å². The number of hydrogen-bond donors (Lipinski definition) is 2. The van der Waals surface area contributed by atoms with Crippen LogP contribution in [0, 0.1) is 6.92 Å². The van der Waals surface area contributed by atoms with Crippen molar-refractivity contribution in [3.8, 4) is 11.5 Å². The topological polar surface area (TPSA) is 124 Å². The van der Waals surface area contributed by atoms with Gasteiger partial charge in [-0.3, -0.25) is 14.6 Å². The lowest BCUT2D eigenvalue weighted by molar-refractivity contribution is -0.113. The van der Waals surface area contributed by atoms with E-state index in [-0.39, 0.29) is 23.0 Å². The first kappa shape index (κ1) is 21.0. The fourth-order valence-corrected chi connectivity index (χ4v) is 4.01. The number of carbonyl (C=O) groups excluding carboxylic acids is 1. The molecule has 3 heterocycles. The van der Waals surface area contributed by atoms with E-state index in [0.717, 1.165) is 11.1 Å². The minimum Gasteiger partial charge on any atom is -0.486 e. The van der Waals surface area contributed by atoms with Crippen molar-refractivity contribution >= 4 is 29.1 Å². The fraction of sp³-hybridized carbons (Fsp3) is 0.227. The molecule has 11 heteroatoms. The Kier molecular flexibility index (Phi) is 5.69. The number of hydrogen-bond acceptors (Lipinski definition) is 8. The quantitative estimate of drug-likeness (QED) is 0.417. The van der Waals surface area contributed by atoms with Crippen LogP contribution in [0.3, 0.4) is 0 Å². The zero-order chi connectivity index (χ0) is 22.8. The second-order valence-corrected chi connectivity index (χ2v) is 8.42. The molecular formula is C22H20N6O4S. The highest BCUT2D eigenvalue weighted by atomic mass is 32.2. The van der Waals surface area contributed by atoms with Crippen molar-refractivity contribution in [1.82, 2.24) is 24.8 Å². The Labute approximate surface area is 192 Å². The summed E-state index contributed by atoms with van der Waals surface area (Å²) in [7, 11) is 0. The summed E-state index contributed by atoms with van der Waals surface area (Å²) in [5, 5.41) is 15.7. The number of H-pyrrole nitrogens is 1. The van der Waals surface area contributed by atoms with Crippen LogP contribution in [-0.2, 0) is 11.2 Å². The van der Waals surface area contributed by atoms with E-state index >= 15 is 0 Å². The molecule has 0 saturated carbocycles. The lowest BCUT2D eigenvalue weighted by atomic mass is 10.1. The van der Waals surface area contributed by atoms with E-state index in [9.17, 15) is 9.59 Å². The van der Waals surface area contributed by atoms with Gasteiger partial charge >= 0.3 is 0 Å². The maximum absolute atomic E-state index is 12.5. The molecule has 10 nitrogen and oxygen atoms in total. The molecular weight excluding hydrogens is 444 g/mol. The summed E-state index contributed by atoms with van der Waals surface area (Å²) in [5.41, 5.74) is 2.75. The number of amides is 1. The smallest absolute Gasteiger partial charge is 0.274 e. The normalized spacial score (nSPS) is 12.6. The number of carbonyl (C=O) groups is 1. The Balaban J connectivity index is 1.28. The van der Waals surface area contributed by atoms with E-state index in [1.54, 1.807) is 18.2 Å². The number of aromatic nitrogens is 5. The van der Waals surface area contributed by atoms with Gasteiger partial charge in [0, 0.05) is 18.2 Å². The third kappa shape index (κ3) is 4.67. The minimum atomic E-state index is -0.316. The average Bonchev–Trinajstić information content (AvgIpc) is 3.21. The Hall–Kier alpha value is -3.86. The zero-order valence-electron chi connectivity index (χ0n) is 17.7. The van der Waals surface area contributed by atoms with Gasteiger partial charge in [-0.25, -0.2) is 0 Å². The molecule has 0 spiro atoms. The number of rotatable bonds is 6. The summed E-state index contributed by atoms with van der Waals surface area (Å²) in [6, 6.07) is 13.2. The molecule has 0 radical (unpaired) electrons. The van der Waals surface area contributed by atoms with Gasteiger partial charge in [0.1, 0.15) is 18.9 Å². The molecule has 2 aromatic carbocycles. The van der Waals surface area contributed by atoms with Crippen LogP contribution in [0.25, 0.3) is 5.78 Å². The van der Waals surface area contributed by atoms with E-state index in [0.29, 0.717) is 47.7 Å². The number of thioether (sulfide) groups is 1. The third-order valence-corrected chi connectivity index (χ3v) is 5.89. The first-order chi connectivity index (χ1) is 16.0. The molecule has 5 rings (SSSR count). The van der Waals surface area contributed by atoms with Gasteiger partial charge < -0.3 is 14.8 Å². The van der Waals surface area contributed by atoms with E-state index in [1.165, 1.54) is 16.3 Å². The van der Waals surface area contributed by atoms with Crippen LogP contribution in [0.15, 0.2) is 52.4 Å². The standard InChI is InChI=1S/C22H20N6O4S/c1-13-2-4-14(5-3-13)10-16-20(30)24-21-25-26-22(28(21)27-16)33-12-19(29)23-15-6-7-17-18(11-15)32-9-8-31-17/h2-7,11H,8-10,12H2,1H3,(H,23,29)(H,24,25,30). The van der Waals surface area contributed by atoms with E-state index < -0.39 is 0 Å². The van der Waals surface area contributed by atoms with Crippen molar-refractivity contribution in [2.24, 2.45) is 0 Å². The summed E-state index contributed by atoms with van der Waals surface area (Å²) in [6.07, 6.45) is 0.373. The number of aromatic amines is 1. The largest absolute Gasteiger partial charge is 0.486 e. The maximum Gasteiger partial charge on any atom is 0.274 e. The third-order valence-electron chi connectivity index (χ3n) is 4.97. The molecule has 1 aliphatic rings. The van der Waals surface area contributed by atoms with Crippen LogP contribution in [0.5, 0.6) is 11.5 Å². The molecule has 2 aromatic heterocycles. The molecule has 33 heavy (non-hydrogen) atoms. The molecule has 1 amide bonds. The van der Waals surface area contributed by atoms with Crippen LogP contribution in [0.2, 0.25) is 0 Å². The van der Waals surface area contributed by atoms with Crippen molar-refractivity contribution in [2.45, 2.75) is 18.5 Å². The number of fused-ring (bicyclic) bond motifs is 2. The highest BCUT2D eigenvalue weighted by Crippen LogP contribution is 2.32. The SMILES string of the molecule is Cc1ccc(Cc2nn3c(SCC(=O)Nc4ccc5c(c4)OCCO5)nnc3[nH]c2=O)cc1. The molecule has 2 N–H and O–H groups in total. The molecule has 1 aliphatic heterocycles. The number of aryl methyl sites for hydroxylation is 1. The molecule has 168 valence electrons. The molecule has 0 fully saturated rings. The number of nitrogens with one attached hydrogen (secondary N) is 2. The number of anilines is 1. The molecule has 0 bridgehead atoms. The number of benzene rings is 2. The molecule has 4 aromatic rings. The second kappa shape index (κ2) is 8.94. The highest BCUT2D eigenvalue weighted by molar-refractivity contribution is 7.99. The Morgan fingerprint density at radius 3 is 2.73 bits per heavy atom. The Bertz CT molecular complexity index is 1380. The van der Waals surface area contributed by atoms with Gasteiger partial charge in [-0.05, 0) is 24.6 Å². The average molecular weight is 465 g/mol. The maximum atomic E-state index is 12.5. The van der Waals surface area contributed by atoms with Crippen LogP contribution in [0.4, 0.5) is 5.69 Å². The summed E-state index contributed by atoms with van der Waals surface area (Å²) < 4.78 is 12.5. The van der Waals surface area contributed by atoms with Gasteiger partial charge in [-0.2, -0.15) is 9.61 Å². The monoisotopic (exact) mass is 464 g/mol. The lowest BCUT2D eigenvalue weighted by Crippen LogP contribution is -2.19. The molecule has 0 saturated heterocycles. The Morgan fingerprint density at radius 2 is 1.91 bits per heavy atom. The highest BCUT2D eigenvalue weighted by Gasteiger charge is 2.16. The molecule has 0 unspecified atom stereocenters. The van der Waals surface area contributed by atoms with Crippen molar-refractivity contribution in [3.05, 3.63) is 69.6 Å². The van der Waals surface area contributed by atoms with Gasteiger partial charge in [0.25, 0.3) is 11.3 Å². The van der Waals surface area contributed by atoms with Gasteiger partial charge in [-0.1, -0.05) is 41.6 Å². The lowest BCUT2D eigenvalue weighted by Gasteiger charge is -2.18. The fourth-order valence-electron chi connectivity index (χ4n) is 3.33. The Morgan fingerprint density at radius 1 is 1.12 bits per heavy atom. The van der Waals surface area contributed by atoms with Crippen molar-refractivity contribution in [1.29, 1.82) is 0 Å². The second-order valence-electron chi connectivity index (χ2n) is 7.48. The van der Waals surface area contributed by atoms with Crippen molar-refractivity contribution in [3.63, 3.8) is 0 Å². The predicted octanol–water partition coefficient (Wildman–Crippen LogP) is 2.21. The number of ether oxygens (including phenoxy) is 2. The predicted molar refractivity (Wildman–Crippen MR) is 122 cm³/mol. The van der Waals surface area contributed by atoms with Crippen LogP contribution in [-0.4, -0.2) is 49.7 Å². The zero-order valence-corrected chi connectivity index (χ0v) is 18.5. The molecule has 0 atom stereocenters. The summed E-state index contributed by atoms with van der Waals surface area (Å²) in [4.78, 5) is 27.6. The first-order valence-corrected chi connectivity index (χ1v) is 11.3. The van der Waals surface area contributed by atoms with Gasteiger partial charge in [0.05, 0.1) is 5.75 Å². The van der Waals surface area contributed by atoms with Gasteiger partial charge in [0.15, 0.2) is 11.5 Å². The van der Waals surface area contributed by atoms with E-state index in [2.05, 4.69) is 25.6 Å². The van der Waals surface area contributed by atoms with Crippen LogP contribution in [0.1, 0.15) is 16.8 Å².